The average Bonchev–Trinajstić information content (AvgIpc) is 2.92. The lowest BCUT2D eigenvalue weighted by Crippen LogP contribution is -2.47. The summed E-state index contributed by atoms with van der Waals surface area (Å²) >= 11 is 0. The van der Waals surface area contributed by atoms with Gasteiger partial charge in [0.15, 0.2) is 0 Å². The molecule has 2 N–H and O–H groups in total. The molecular weight excluding hydrogens is 296 g/mol. The van der Waals surface area contributed by atoms with Gasteiger partial charge in [-0.3, -0.25) is 9.69 Å². The van der Waals surface area contributed by atoms with Gasteiger partial charge in [-0.05, 0) is 32.5 Å². The molecule has 2 atom stereocenters. The first kappa shape index (κ1) is 18.0. The van der Waals surface area contributed by atoms with Crippen LogP contribution in [0.25, 0.3) is 0 Å². The molecule has 1 saturated heterocycles. The van der Waals surface area contributed by atoms with Crippen LogP contribution in [0.15, 0.2) is 10.5 Å². The van der Waals surface area contributed by atoms with Crippen molar-refractivity contribution in [2.45, 2.75) is 39.8 Å². The van der Waals surface area contributed by atoms with E-state index in [1.54, 1.807) is 11.8 Å². The molecule has 2 rings (SSSR count). The van der Waals surface area contributed by atoms with Crippen LogP contribution in [0.1, 0.15) is 42.1 Å². The van der Waals surface area contributed by atoms with Crippen molar-refractivity contribution >= 4 is 5.91 Å². The molecular formula is C17H28N2O4. The Kier molecular flexibility index (Phi) is 6.21. The van der Waals surface area contributed by atoms with Crippen LogP contribution in [0.3, 0.4) is 0 Å². The second-order valence-corrected chi connectivity index (χ2v) is 6.19. The number of aliphatic hydroxyl groups excluding tert-OH is 2. The molecule has 6 nitrogen and oxygen atoms in total. The minimum atomic E-state index is -0.667. The molecule has 0 radical (unpaired) electrons. The summed E-state index contributed by atoms with van der Waals surface area (Å²) < 4.78 is 5.74. The Morgan fingerprint density at radius 1 is 1.43 bits per heavy atom. The highest BCUT2D eigenvalue weighted by Crippen LogP contribution is 2.22. The van der Waals surface area contributed by atoms with Crippen LogP contribution < -0.4 is 0 Å². The van der Waals surface area contributed by atoms with Gasteiger partial charge in [-0.2, -0.15) is 0 Å². The molecule has 1 fully saturated rings. The number of furan rings is 1. The highest BCUT2D eigenvalue weighted by molar-refractivity contribution is 5.95. The predicted molar refractivity (Wildman–Crippen MR) is 87.2 cm³/mol. The van der Waals surface area contributed by atoms with E-state index < -0.39 is 6.10 Å². The summed E-state index contributed by atoms with van der Waals surface area (Å²) in [4.78, 5) is 16.6. The van der Waals surface area contributed by atoms with Crippen LogP contribution >= 0.6 is 0 Å². The summed E-state index contributed by atoms with van der Waals surface area (Å²) in [5.41, 5.74) is 0.571. The van der Waals surface area contributed by atoms with Gasteiger partial charge in [0.25, 0.3) is 5.91 Å². The van der Waals surface area contributed by atoms with Crippen molar-refractivity contribution in [1.82, 2.24) is 9.80 Å². The SMILES string of the molecule is CCN(CC)Cc1cc(C(=O)N2CC[C@H](CO)[C@H](O)C2)c(C)o1. The van der Waals surface area contributed by atoms with E-state index in [9.17, 15) is 15.0 Å². The molecule has 1 aliphatic rings. The molecule has 0 aliphatic carbocycles. The molecule has 2 heterocycles. The van der Waals surface area contributed by atoms with Gasteiger partial charge in [-0.25, -0.2) is 0 Å². The average molecular weight is 324 g/mol. The predicted octanol–water partition coefficient (Wildman–Crippen LogP) is 1.25. The number of carbonyl (C=O) groups excluding carboxylic acids is 1. The zero-order valence-corrected chi connectivity index (χ0v) is 14.3. The number of hydrogen-bond donors (Lipinski definition) is 2. The van der Waals surface area contributed by atoms with E-state index in [4.69, 9.17) is 4.42 Å². The quantitative estimate of drug-likeness (QED) is 0.823. The van der Waals surface area contributed by atoms with E-state index in [1.807, 2.05) is 6.07 Å². The number of piperidine rings is 1. The molecule has 1 aliphatic heterocycles. The van der Waals surface area contributed by atoms with Crippen LogP contribution in [0.4, 0.5) is 0 Å². The maximum atomic E-state index is 12.7. The standard InChI is InChI=1S/C17H28N2O4/c1-4-18(5-2)9-14-8-15(12(3)23-14)17(22)19-7-6-13(11-20)16(21)10-19/h8,13,16,20-21H,4-7,9-11H2,1-3H3/t13-,16-/m1/s1. The van der Waals surface area contributed by atoms with E-state index in [2.05, 4.69) is 18.7 Å². The largest absolute Gasteiger partial charge is 0.464 e. The Hall–Kier alpha value is -1.37. The van der Waals surface area contributed by atoms with Crippen molar-refractivity contribution in [1.29, 1.82) is 0 Å². The Bertz CT molecular complexity index is 525. The normalized spacial score (nSPS) is 21.9. The van der Waals surface area contributed by atoms with E-state index in [0.29, 0.717) is 30.8 Å². The zero-order chi connectivity index (χ0) is 17.0. The van der Waals surface area contributed by atoms with Gasteiger partial charge < -0.3 is 19.5 Å². The summed E-state index contributed by atoms with van der Waals surface area (Å²) in [6.07, 6.45) is -0.0489. The molecule has 6 heteroatoms. The molecule has 1 aromatic rings. The molecule has 23 heavy (non-hydrogen) atoms. The van der Waals surface area contributed by atoms with Gasteiger partial charge in [0.05, 0.1) is 18.2 Å². The summed E-state index contributed by atoms with van der Waals surface area (Å²) in [6.45, 7) is 9.32. The van der Waals surface area contributed by atoms with Gasteiger partial charge >= 0.3 is 0 Å². The van der Waals surface area contributed by atoms with Crippen molar-refractivity contribution in [2.75, 3.05) is 32.8 Å². The third-order valence-electron chi connectivity index (χ3n) is 4.72. The van der Waals surface area contributed by atoms with Crippen molar-refractivity contribution in [3.05, 3.63) is 23.2 Å². The number of amides is 1. The maximum absolute atomic E-state index is 12.7. The van der Waals surface area contributed by atoms with Crippen LogP contribution in [0, 0.1) is 12.8 Å². The third-order valence-corrected chi connectivity index (χ3v) is 4.72. The van der Waals surface area contributed by atoms with E-state index in [0.717, 1.165) is 18.8 Å². The van der Waals surface area contributed by atoms with Gasteiger partial charge in [0.1, 0.15) is 11.5 Å². The number of likely N-dealkylation sites (tertiary alicyclic amines) is 1. The Morgan fingerprint density at radius 3 is 2.70 bits per heavy atom. The summed E-state index contributed by atoms with van der Waals surface area (Å²) in [7, 11) is 0. The lowest BCUT2D eigenvalue weighted by atomic mass is 9.94. The number of aryl methyl sites for hydroxylation is 1. The molecule has 0 bridgehead atoms. The van der Waals surface area contributed by atoms with Crippen LogP contribution in [-0.2, 0) is 6.54 Å². The monoisotopic (exact) mass is 324 g/mol. The fourth-order valence-corrected chi connectivity index (χ4v) is 3.05. The Balaban J connectivity index is 2.06. The minimum absolute atomic E-state index is 0.0397. The molecule has 0 aromatic carbocycles. The number of aliphatic hydroxyl groups is 2. The van der Waals surface area contributed by atoms with Crippen molar-refractivity contribution in [3.8, 4) is 0 Å². The van der Waals surface area contributed by atoms with Crippen LogP contribution in [0.5, 0.6) is 0 Å². The molecule has 130 valence electrons. The van der Waals surface area contributed by atoms with E-state index >= 15 is 0 Å². The van der Waals surface area contributed by atoms with Crippen molar-refractivity contribution < 1.29 is 19.4 Å². The molecule has 0 spiro atoms. The number of β-amino-alcohol motifs (C(OH)–C–C–N with tert-alkyl or cyclic N) is 1. The smallest absolute Gasteiger partial charge is 0.257 e. The maximum Gasteiger partial charge on any atom is 0.257 e. The summed E-state index contributed by atoms with van der Waals surface area (Å²) in [5, 5.41) is 19.2. The van der Waals surface area contributed by atoms with Gasteiger partial charge in [-0.15, -0.1) is 0 Å². The minimum Gasteiger partial charge on any atom is -0.464 e. The number of carbonyl (C=O) groups is 1. The summed E-state index contributed by atoms with van der Waals surface area (Å²) in [6, 6.07) is 1.82. The highest BCUT2D eigenvalue weighted by Gasteiger charge is 2.31. The second kappa shape index (κ2) is 7.95. The van der Waals surface area contributed by atoms with E-state index in [-0.39, 0.29) is 25.0 Å². The fraction of sp³-hybridized carbons (Fsp3) is 0.706. The first-order valence-corrected chi connectivity index (χ1v) is 8.39. The van der Waals surface area contributed by atoms with Crippen molar-refractivity contribution in [3.63, 3.8) is 0 Å². The molecule has 1 aromatic heterocycles. The first-order valence-electron chi connectivity index (χ1n) is 8.39. The Labute approximate surface area is 137 Å². The highest BCUT2D eigenvalue weighted by atomic mass is 16.3. The van der Waals surface area contributed by atoms with Crippen molar-refractivity contribution in [2.24, 2.45) is 5.92 Å². The van der Waals surface area contributed by atoms with Gasteiger partial charge in [0.2, 0.25) is 0 Å². The van der Waals surface area contributed by atoms with E-state index in [1.165, 1.54) is 0 Å². The lowest BCUT2D eigenvalue weighted by Gasteiger charge is -2.35. The topological polar surface area (TPSA) is 77.2 Å². The Morgan fingerprint density at radius 2 is 2.13 bits per heavy atom. The van der Waals surface area contributed by atoms with Gasteiger partial charge in [-0.1, -0.05) is 13.8 Å². The summed E-state index contributed by atoms with van der Waals surface area (Å²) in [5.74, 6) is 1.17. The fourth-order valence-electron chi connectivity index (χ4n) is 3.05. The van der Waals surface area contributed by atoms with Crippen LogP contribution in [0.2, 0.25) is 0 Å². The number of nitrogens with zero attached hydrogens (tertiary/aromatic N) is 2. The second-order valence-electron chi connectivity index (χ2n) is 6.19. The molecule has 0 saturated carbocycles. The van der Waals surface area contributed by atoms with Gasteiger partial charge in [0, 0.05) is 25.6 Å². The number of hydrogen-bond acceptors (Lipinski definition) is 5. The van der Waals surface area contributed by atoms with Crippen LogP contribution in [-0.4, -0.2) is 64.8 Å². The number of rotatable bonds is 6. The molecule has 1 amide bonds. The zero-order valence-electron chi connectivity index (χ0n) is 14.3. The first-order chi connectivity index (χ1) is 11.0. The third kappa shape index (κ3) is 4.13. The lowest BCUT2D eigenvalue weighted by molar-refractivity contribution is 0.000807. The molecule has 0 unspecified atom stereocenters.